The van der Waals surface area contributed by atoms with Gasteiger partial charge in [0.25, 0.3) is 0 Å². The summed E-state index contributed by atoms with van der Waals surface area (Å²) in [5.41, 5.74) is 9.44. The number of ether oxygens (including phenoxy) is 2. The third-order valence-electron chi connectivity index (χ3n) is 6.18. The molecule has 0 bridgehead atoms. The van der Waals surface area contributed by atoms with Crippen molar-refractivity contribution in [2.75, 3.05) is 6.61 Å². The number of carbonyl (C=O) groups is 1. The van der Waals surface area contributed by atoms with Crippen LogP contribution in [0.3, 0.4) is 0 Å². The van der Waals surface area contributed by atoms with Gasteiger partial charge in [0, 0.05) is 23.4 Å². The van der Waals surface area contributed by atoms with Gasteiger partial charge in [0.05, 0.1) is 23.8 Å². The van der Waals surface area contributed by atoms with Crippen LogP contribution in [0.5, 0.6) is 11.5 Å². The van der Waals surface area contributed by atoms with E-state index in [0.717, 1.165) is 31.2 Å². The molecule has 3 N–H and O–H groups in total. The van der Waals surface area contributed by atoms with Crippen molar-refractivity contribution in [3.05, 3.63) is 100 Å². The Hall–Kier alpha value is -4.57. The van der Waals surface area contributed by atoms with Crippen molar-refractivity contribution >= 4 is 17.9 Å². The molecule has 0 radical (unpaired) electrons. The highest BCUT2D eigenvalue weighted by atomic mass is 16.5. The normalized spacial score (nSPS) is 14.6. The van der Waals surface area contributed by atoms with E-state index in [9.17, 15) is 15.2 Å². The molecule has 0 amide bonds. The Morgan fingerprint density at radius 3 is 2.59 bits per heavy atom. The van der Waals surface area contributed by atoms with Crippen LogP contribution in [0.2, 0.25) is 0 Å². The molecular weight excluding hydrogens is 466 g/mol. The van der Waals surface area contributed by atoms with Crippen molar-refractivity contribution in [3.8, 4) is 17.6 Å². The maximum atomic E-state index is 12.2. The zero-order valence-electron chi connectivity index (χ0n) is 20.7. The first-order chi connectivity index (χ1) is 18.0. The SMILES string of the molecule is CCCCCCOC(=O)c1ccc(N=Cc2cc3c(cc2O)OC(N)=C(C#N)C3c2ccccc2)cc1. The molecule has 0 saturated heterocycles. The van der Waals surface area contributed by atoms with Gasteiger partial charge in [-0.25, -0.2) is 4.79 Å². The molecule has 0 aliphatic carbocycles. The molecular formula is C30H29N3O4. The molecule has 4 rings (SSSR count). The first kappa shape index (κ1) is 25.5. The van der Waals surface area contributed by atoms with Gasteiger partial charge in [0.2, 0.25) is 5.88 Å². The Labute approximate surface area is 216 Å². The van der Waals surface area contributed by atoms with Gasteiger partial charge in [-0.05, 0) is 42.3 Å². The average molecular weight is 496 g/mol. The number of aromatic hydroxyl groups is 1. The van der Waals surface area contributed by atoms with E-state index in [2.05, 4.69) is 18.0 Å². The van der Waals surface area contributed by atoms with Crippen molar-refractivity contribution in [2.24, 2.45) is 10.7 Å². The number of hydrogen-bond donors (Lipinski definition) is 2. The quantitative estimate of drug-likeness (QED) is 0.210. The van der Waals surface area contributed by atoms with Gasteiger partial charge in [-0.1, -0.05) is 56.5 Å². The number of benzene rings is 3. The highest BCUT2D eigenvalue weighted by Gasteiger charge is 2.31. The monoisotopic (exact) mass is 495 g/mol. The number of rotatable bonds is 9. The maximum Gasteiger partial charge on any atom is 0.338 e. The van der Waals surface area contributed by atoms with Crippen LogP contribution in [0.1, 0.15) is 65.6 Å². The maximum absolute atomic E-state index is 12.2. The lowest BCUT2D eigenvalue weighted by Crippen LogP contribution is -2.21. The van der Waals surface area contributed by atoms with Crippen LogP contribution in [0, 0.1) is 11.3 Å². The largest absolute Gasteiger partial charge is 0.507 e. The molecule has 1 atom stereocenters. The summed E-state index contributed by atoms with van der Waals surface area (Å²) in [7, 11) is 0. The molecule has 37 heavy (non-hydrogen) atoms. The van der Waals surface area contributed by atoms with Gasteiger partial charge in [0.15, 0.2) is 0 Å². The predicted molar refractivity (Wildman–Crippen MR) is 142 cm³/mol. The molecule has 0 aromatic heterocycles. The summed E-state index contributed by atoms with van der Waals surface area (Å²) >= 11 is 0. The Kier molecular flexibility index (Phi) is 8.22. The fourth-order valence-electron chi connectivity index (χ4n) is 4.21. The van der Waals surface area contributed by atoms with Gasteiger partial charge in [-0.3, -0.25) is 4.99 Å². The minimum absolute atomic E-state index is 0.0178. The fourth-order valence-corrected chi connectivity index (χ4v) is 4.21. The second-order valence-electron chi connectivity index (χ2n) is 8.79. The number of allylic oxidation sites excluding steroid dienone is 1. The number of aliphatic imine (C=N–C) groups is 1. The van der Waals surface area contributed by atoms with Crippen molar-refractivity contribution in [1.82, 2.24) is 0 Å². The van der Waals surface area contributed by atoms with Gasteiger partial charge in [-0.2, -0.15) is 5.26 Å². The molecule has 188 valence electrons. The van der Waals surface area contributed by atoms with Gasteiger partial charge in [-0.15, -0.1) is 0 Å². The van der Waals surface area contributed by atoms with E-state index in [0.29, 0.717) is 40.3 Å². The molecule has 1 aliphatic heterocycles. The number of phenols is 1. The third kappa shape index (κ3) is 5.99. The van der Waals surface area contributed by atoms with Crippen LogP contribution >= 0.6 is 0 Å². The van der Waals surface area contributed by atoms with E-state index in [4.69, 9.17) is 15.2 Å². The number of carbonyl (C=O) groups excluding carboxylic acids is 1. The molecule has 3 aromatic carbocycles. The predicted octanol–water partition coefficient (Wildman–Crippen LogP) is 6.10. The molecule has 0 fully saturated rings. The second kappa shape index (κ2) is 11.9. The molecule has 1 unspecified atom stereocenters. The van der Waals surface area contributed by atoms with Crippen LogP contribution in [-0.4, -0.2) is 23.9 Å². The first-order valence-corrected chi connectivity index (χ1v) is 12.3. The van der Waals surface area contributed by atoms with Crippen molar-refractivity contribution in [3.63, 3.8) is 0 Å². The summed E-state index contributed by atoms with van der Waals surface area (Å²) in [5.74, 6) is -0.422. The van der Waals surface area contributed by atoms with E-state index < -0.39 is 5.92 Å². The number of nitrogens with zero attached hydrogens (tertiary/aromatic N) is 2. The summed E-state index contributed by atoms with van der Waals surface area (Å²) in [6.45, 7) is 2.55. The highest BCUT2D eigenvalue weighted by molar-refractivity contribution is 5.90. The lowest BCUT2D eigenvalue weighted by molar-refractivity contribution is 0.0498. The zero-order chi connectivity index (χ0) is 26.2. The Balaban J connectivity index is 1.53. The van der Waals surface area contributed by atoms with Gasteiger partial charge in [0.1, 0.15) is 23.1 Å². The Bertz CT molecular complexity index is 1360. The summed E-state index contributed by atoms with van der Waals surface area (Å²) in [5, 5.41) is 20.4. The Morgan fingerprint density at radius 2 is 1.89 bits per heavy atom. The number of nitrogens with two attached hydrogens (primary N) is 1. The second-order valence-corrected chi connectivity index (χ2v) is 8.79. The number of fused-ring (bicyclic) bond motifs is 1. The minimum Gasteiger partial charge on any atom is -0.507 e. The molecule has 3 aromatic rings. The summed E-state index contributed by atoms with van der Waals surface area (Å²) in [4.78, 5) is 16.7. The highest BCUT2D eigenvalue weighted by Crippen LogP contribution is 2.44. The zero-order valence-corrected chi connectivity index (χ0v) is 20.7. The number of phenolic OH excluding ortho intramolecular Hbond substituents is 1. The molecule has 7 heteroatoms. The molecule has 1 aliphatic rings. The molecule has 0 spiro atoms. The lowest BCUT2D eigenvalue weighted by atomic mass is 9.83. The van der Waals surface area contributed by atoms with Crippen LogP contribution in [0.15, 0.2) is 83.2 Å². The minimum atomic E-state index is -0.435. The van der Waals surface area contributed by atoms with E-state index in [1.807, 2.05) is 30.3 Å². The van der Waals surface area contributed by atoms with Crippen LogP contribution in [0.4, 0.5) is 5.69 Å². The van der Waals surface area contributed by atoms with E-state index in [-0.39, 0.29) is 17.6 Å². The van der Waals surface area contributed by atoms with Crippen LogP contribution in [-0.2, 0) is 4.74 Å². The van der Waals surface area contributed by atoms with Gasteiger partial charge >= 0.3 is 5.97 Å². The van der Waals surface area contributed by atoms with Crippen LogP contribution < -0.4 is 10.5 Å². The van der Waals surface area contributed by atoms with Crippen LogP contribution in [0.25, 0.3) is 0 Å². The van der Waals surface area contributed by atoms with Crippen molar-refractivity contribution in [1.29, 1.82) is 5.26 Å². The lowest BCUT2D eigenvalue weighted by Gasteiger charge is -2.27. The smallest absolute Gasteiger partial charge is 0.338 e. The van der Waals surface area contributed by atoms with Gasteiger partial charge < -0.3 is 20.3 Å². The number of esters is 1. The fraction of sp³-hybridized carbons (Fsp3) is 0.233. The first-order valence-electron chi connectivity index (χ1n) is 12.3. The average Bonchev–Trinajstić information content (AvgIpc) is 2.92. The molecule has 0 saturated carbocycles. The number of nitriles is 1. The number of unbranched alkanes of at least 4 members (excludes halogenated alkanes) is 3. The molecule has 7 nitrogen and oxygen atoms in total. The van der Waals surface area contributed by atoms with E-state index in [1.165, 1.54) is 12.3 Å². The summed E-state index contributed by atoms with van der Waals surface area (Å²) < 4.78 is 11.0. The molecule has 1 heterocycles. The standard InChI is InChI=1S/C30H29N3O4/c1-2-3-4-8-15-36-30(35)21-11-13-23(14-12-21)33-19-22-16-24-27(17-26(22)34)37-29(32)25(18-31)28(24)20-9-6-5-7-10-20/h5-7,9-14,16-17,19,28,34H,2-4,8,15,32H2,1H3. The summed E-state index contributed by atoms with van der Waals surface area (Å²) in [6, 6.07) is 21.7. The Morgan fingerprint density at radius 1 is 1.14 bits per heavy atom. The van der Waals surface area contributed by atoms with Crippen molar-refractivity contribution in [2.45, 2.75) is 38.5 Å². The van der Waals surface area contributed by atoms with Crippen molar-refractivity contribution < 1.29 is 19.4 Å². The van der Waals surface area contributed by atoms with E-state index >= 15 is 0 Å². The topological polar surface area (TPSA) is 118 Å². The number of hydrogen-bond acceptors (Lipinski definition) is 7. The summed E-state index contributed by atoms with van der Waals surface area (Å²) in [6.07, 6.45) is 5.71. The van der Waals surface area contributed by atoms with E-state index in [1.54, 1.807) is 30.3 Å². The third-order valence-corrected chi connectivity index (χ3v) is 6.18.